The van der Waals surface area contributed by atoms with Crippen LogP contribution in [0.4, 0.5) is 13.2 Å². The lowest BCUT2D eigenvalue weighted by Gasteiger charge is -2.32. The Kier molecular flexibility index (Phi) is 7.02. The molecule has 0 saturated carbocycles. The summed E-state index contributed by atoms with van der Waals surface area (Å²) in [6.07, 6.45) is -1.90. The molecule has 0 spiro atoms. The van der Waals surface area contributed by atoms with Crippen LogP contribution in [0.2, 0.25) is 0 Å². The molecule has 2 aromatic rings. The zero-order chi connectivity index (χ0) is 26.5. The van der Waals surface area contributed by atoms with Crippen LogP contribution in [0.1, 0.15) is 39.7 Å². The van der Waals surface area contributed by atoms with E-state index in [9.17, 15) is 26.4 Å². The Morgan fingerprint density at radius 3 is 2.31 bits per heavy atom. The predicted molar refractivity (Wildman–Crippen MR) is 128 cm³/mol. The lowest BCUT2D eigenvalue weighted by atomic mass is 9.78. The van der Waals surface area contributed by atoms with Crippen LogP contribution in [0.3, 0.4) is 0 Å². The highest BCUT2D eigenvalue weighted by Crippen LogP contribution is 2.36. The Morgan fingerprint density at radius 1 is 1.08 bits per heavy atom. The van der Waals surface area contributed by atoms with E-state index < -0.39 is 64.6 Å². The van der Waals surface area contributed by atoms with Gasteiger partial charge in [0.2, 0.25) is 15.9 Å². The lowest BCUT2D eigenvalue weighted by Crippen LogP contribution is -2.45. The van der Waals surface area contributed by atoms with Crippen molar-refractivity contribution in [3.8, 4) is 0 Å². The molecule has 0 bridgehead atoms. The number of carbonyl (C=O) groups is 1. The van der Waals surface area contributed by atoms with Crippen LogP contribution >= 0.6 is 0 Å². The number of sulfonamides is 1. The zero-order valence-corrected chi connectivity index (χ0v) is 21.2. The summed E-state index contributed by atoms with van der Waals surface area (Å²) < 4.78 is 80.8. The van der Waals surface area contributed by atoms with Crippen LogP contribution in [0.25, 0.3) is 0 Å². The number of halogens is 3. The molecule has 4 rings (SSSR count). The second-order valence-corrected chi connectivity index (χ2v) is 11.9. The predicted octanol–water partition coefficient (Wildman–Crippen LogP) is 2.68. The van der Waals surface area contributed by atoms with E-state index in [-0.39, 0.29) is 23.4 Å². The number of hydrogen-bond donors (Lipinski definition) is 1. The smallest absolute Gasteiger partial charge is 0.399 e. The summed E-state index contributed by atoms with van der Waals surface area (Å²) in [6.45, 7) is 6.80. The summed E-state index contributed by atoms with van der Waals surface area (Å²) >= 11 is 0. The van der Waals surface area contributed by atoms with Crippen molar-refractivity contribution in [2.24, 2.45) is 0 Å². The average molecular weight is 524 g/mol. The Hall–Kier alpha value is -2.41. The summed E-state index contributed by atoms with van der Waals surface area (Å²) in [5.74, 6) is -1.97. The molecule has 0 radical (unpaired) electrons. The Labute approximate surface area is 209 Å². The second-order valence-electron chi connectivity index (χ2n) is 10.0. The fraction of sp³-hybridized carbons (Fsp3) is 0.458. The van der Waals surface area contributed by atoms with Gasteiger partial charge in [-0.15, -0.1) is 0 Å². The number of benzene rings is 2. The van der Waals surface area contributed by atoms with Crippen molar-refractivity contribution in [1.29, 1.82) is 0 Å². The van der Waals surface area contributed by atoms with E-state index >= 15 is 0 Å². The third-order valence-corrected chi connectivity index (χ3v) is 8.86. The third kappa shape index (κ3) is 5.04. The van der Waals surface area contributed by atoms with Gasteiger partial charge in [-0.2, -0.15) is 4.31 Å². The SMILES string of the molecule is CC1(C)OB(c2ccc(F)c(CNC(=O)[C@@H]3C[C@@H](F)CN3S(=O)(=O)c3ccc(F)cc3)c2)OC1(C)C. The summed E-state index contributed by atoms with van der Waals surface area (Å²) in [5, 5.41) is 2.52. The molecule has 2 aliphatic heterocycles. The lowest BCUT2D eigenvalue weighted by molar-refractivity contribution is -0.124. The molecule has 2 aromatic carbocycles. The first kappa shape index (κ1) is 26.7. The van der Waals surface area contributed by atoms with Crippen molar-refractivity contribution in [2.75, 3.05) is 6.54 Å². The van der Waals surface area contributed by atoms with Crippen molar-refractivity contribution in [1.82, 2.24) is 9.62 Å². The van der Waals surface area contributed by atoms with Gasteiger partial charge in [-0.05, 0) is 63.5 Å². The van der Waals surface area contributed by atoms with E-state index in [1.165, 1.54) is 18.2 Å². The molecule has 1 N–H and O–H groups in total. The maximum Gasteiger partial charge on any atom is 0.494 e. The molecule has 7 nitrogen and oxygen atoms in total. The monoisotopic (exact) mass is 524 g/mol. The van der Waals surface area contributed by atoms with Gasteiger partial charge in [-0.1, -0.05) is 12.1 Å². The first-order chi connectivity index (χ1) is 16.7. The van der Waals surface area contributed by atoms with E-state index in [0.717, 1.165) is 28.6 Å². The summed E-state index contributed by atoms with van der Waals surface area (Å²) in [7, 11) is -4.99. The minimum Gasteiger partial charge on any atom is -0.399 e. The van der Waals surface area contributed by atoms with Crippen LogP contribution in [-0.2, 0) is 30.7 Å². The molecule has 2 heterocycles. The van der Waals surface area contributed by atoms with Crippen molar-refractivity contribution in [2.45, 2.75) is 69.0 Å². The molecule has 2 aliphatic rings. The van der Waals surface area contributed by atoms with Crippen LogP contribution in [0.5, 0.6) is 0 Å². The highest BCUT2D eigenvalue weighted by molar-refractivity contribution is 7.89. The topological polar surface area (TPSA) is 84.9 Å². The second kappa shape index (κ2) is 9.48. The molecule has 12 heteroatoms. The number of rotatable bonds is 6. The van der Waals surface area contributed by atoms with Gasteiger partial charge in [0, 0.05) is 25.1 Å². The number of carbonyl (C=O) groups excluding carboxylic acids is 1. The highest BCUT2D eigenvalue weighted by atomic mass is 32.2. The molecular weight excluding hydrogens is 496 g/mol. The Balaban J connectivity index is 1.49. The van der Waals surface area contributed by atoms with Crippen molar-refractivity contribution in [3.05, 3.63) is 59.7 Å². The van der Waals surface area contributed by atoms with E-state index in [2.05, 4.69) is 5.32 Å². The minimum absolute atomic E-state index is 0.137. The fourth-order valence-corrected chi connectivity index (χ4v) is 5.78. The molecular formula is C24H28BF3N2O5S. The molecule has 1 amide bonds. The summed E-state index contributed by atoms with van der Waals surface area (Å²) in [6, 6.07) is 7.01. The van der Waals surface area contributed by atoms with Crippen molar-refractivity contribution >= 4 is 28.5 Å². The van der Waals surface area contributed by atoms with Gasteiger partial charge in [0.15, 0.2) is 0 Å². The van der Waals surface area contributed by atoms with E-state index in [0.29, 0.717) is 5.46 Å². The van der Waals surface area contributed by atoms with E-state index in [4.69, 9.17) is 9.31 Å². The molecule has 0 aromatic heterocycles. The van der Waals surface area contributed by atoms with Crippen LogP contribution < -0.4 is 10.8 Å². The van der Waals surface area contributed by atoms with Gasteiger partial charge < -0.3 is 14.6 Å². The number of amides is 1. The molecule has 2 fully saturated rings. The standard InChI is InChI=1S/C24H28BF3N2O5S/c1-23(2)24(3,4)35-25(34-23)16-5-10-20(28)15(11-16)13-29-22(31)21-12-18(27)14-30(21)36(32,33)19-8-6-17(26)7-9-19/h5-11,18,21H,12-14H2,1-4H3,(H,29,31)/t18-,21+/m1/s1. The first-order valence-corrected chi connectivity index (χ1v) is 13.0. The molecule has 36 heavy (non-hydrogen) atoms. The number of hydrogen-bond acceptors (Lipinski definition) is 5. The maximum atomic E-state index is 14.5. The van der Waals surface area contributed by atoms with Crippen LogP contribution in [0.15, 0.2) is 47.4 Å². The van der Waals surface area contributed by atoms with E-state index in [1.54, 1.807) is 0 Å². The third-order valence-electron chi connectivity index (χ3n) is 6.98. The number of nitrogens with zero attached hydrogens (tertiary/aromatic N) is 1. The summed E-state index contributed by atoms with van der Waals surface area (Å²) in [4.78, 5) is 12.7. The average Bonchev–Trinajstić information content (AvgIpc) is 3.29. The van der Waals surface area contributed by atoms with Crippen LogP contribution in [-0.4, -0.2) is 55.7 Å². The van der Waals surface area contributed by atoms with Gasteiger partial charge in [0.25, 0.3) is 0 Å². The van der Waals surface area contributed by atoms with Gasteiger partial charge in [-0.3, -0.25) is 4.79 Å². The number of alkyl halides is 1. The van der Waals surface area contributed by atoms with Gasteiger partial charge in [0.05, 0.1) is 16.1 Å². The molecule has 2 saturated heterocycles. The molecule has 0 unspecified atom stereocenters. The van der Waals surface area contributed by atoms with Crippen molar-refractivity contribution in [3.63, 3.8) is 0 Å². The number of nitrogens with one attached hydrogen (secondary N) is 1. The van der Waals surface area contributed by atoms with Crippen LogP contribution in [0, 0.1) is 11.6 Å². The molecule has 0 aliphatic carbocycles. The highest BCUT2D eigenvalue weighted by Gasteiger charge is 2.51. The molecule has 194 valence electrons. The van der Waals surface area contributed by atoms with Crippen molar-refractivity contribution < 1.29 is 35.7 Å². The maximum absolute atomic E-state index is 14.5. The summed E-state index contributed by atoms with van der Waals surface area (Å²) in [5.41, 5.74) is -0.487. The largest absolute Gasteiger partial charge is 0.494 e. The zero-order valence-electron chi connectivity index (χ0n) is 20.4. The fourth-order valence-electron chi connectivity index (χ4n) is 4.16. The molecule has 2 atom stereocenters. The quantitative estimate of drug-likeness (QED) is 0.588. The van der Waals surface area contributed by atoms with Gasteiger partial charge in [0.1, 0.15) is 23.8 Å². The minimum atomic E-state index is -4.25. The van der Waals surface area contributed by atoms with E-state index in [1.807, 2.05) is 27.7 Å². The first-order valence-electron chi connectivity index (χ1n) is 11.5. The van der Waals surface area contributed by atoms with Gasteiger partial charge >= 0.3 is 7.12 Å². The Morgan fingerprint density at radius 2 is 1.69 bits per heavy atom. The van der Waals surface area contributed by atoms with Gasteiger partial charge in [-0.25, -0.2) is 21.6 Å². The normalized spacial score (nSPS) is 23.7. The Bertz CT molecular complexity index is 1240.